The fraction of sp³-hybridized carbons (Fsp3) is 0.500. The highest BCUT2D eigenvalue weighted by atomic mass is 35.5. The Kier molecular flexibility index (Phi) is 5.24. The van der Waals surface area contributed by atoms with Crippen molar-refractivity contribution < 1.29 is 9.47 Å². The molecule has 3 N–H and O–H groups in total. The largest absolute Gasteiger partial charge is 0.376 e. The number of hydrazine groups is 1. The van der Waals surface area contributed by atoms with E-state index in [9.17, 15) is 0 Å². The second-order valence-corrected chi connectivity index (χ2v) is 4.98. The highest BCUT2D eigenvalue weighted by Gasteiger charge is 2.25. The van der Waals surface area contributed by atoms with Crippen molar-refractivity contribution in [2.24, 2.45) is 5.84 Å². The summed E-state index contributed by atoms with van der Waals surface area (Å²) >= 11 is 12.3. The Morgan fingerprint density at radius 1 is 1.33 bits per heavy atom. The standard InChI is InChI=1S/C12H16Cl2N2O2/c13-9-2-1-3-10(14)8(9)6-11(16-15)12-7-17-4-5-18-12/h1-3,11-12,16H,4-7,15H2. The van der Waals surface area contributed by atoms with Crippen molar-refractivity contribution in [3.8, 4) is 0 Å². The van der Waals surface area contributed by atoms with E-state index >= 15 is 0 Å². The summed E-state index contributed by atoms with van der Waals surface area (Å²) in [6, 6.07) is 5.37. The van der Waals surface area contributed by atoms with Crippen LogP contribution >= 0.6 is 23.2 Å². The SMILES string of the molecule is NNC(Cc1c(Cl)cccc1Cl)C1COCCO1. The third-order valence-electron chi connectivity index (χ3n) is 2.99. The Hall–Kier alpha value is -0.360. The number of hydrogen-bond donors (Lipinski definition) is 2. The number of benzene rings is 1. The van der Waals surface area contributed by atoms with Crippen LogP contribution in [0.4, 0.5) is 0 Å². The highest BCUT2D eigenvalue weighted by Crippen LogP contribution is 2.26. The van der Waals surface area contributed by atoms with Crippen LogP contribution in [-0.2, 0) is 15.9 Å². The smallest absolute Gasteiger partial charge is 0.0978 e. The van der Waals surface area contributed by atoms with Gasteiger partial charge in [-0.15, -0.1) is 0 Å². The fourth-order valence-electron chi connectivity index (χ4n) is 1.98. The van der Waals surface area contributed by atoms with Crippen molar-refractivity contribution >= 4 is 23.2 Å². The molecule has 6 heteroatoms. The number of ether oxygens (including phenoxy) is 2. The Labute approximate surface area is 116 Å². The molecular formula is C12H16Cl2N2O2. The van der Waals surface area contributed by atoms with E-state index in [4.69, 9.17) is 38.5 Å². The lowest BCUT2D eigenvalue weighted by atomic mass is 10.0. The van der Waals surface area contributed by atoms with E-state index in [1.54, 1.807) is 0 Å². The normalized spacial score (nSPS) is 21.8. The molecule has 1 heterocycles. The van der Waals surface area contributed by atoms with Gasteiger partial charge in [-0.3, -0.25) is 11.3 Å². The van der Waals surface area contributed by atoms with Gasteiger partial charge in [0, 0.05) is 10.0 Å². The minimum Gasteiger partial charge on any atom is -0.376 e. The van der Waals surface area contributed by atoms with E-state index in [0.29, 0.717) is 36.3 Å². The first-order valence-electron chi connectivity index (χ1n) is 5.80. The molecule has 4 nitrogen and oxygen atoms in total. The molecule has 1 aliphatic heterocycles. The first kappa shape index (κ1) is 14.1. The second-order valence-electron chi connectivity index (χ2n) is 4.16. The Morgan fingerprint density at radius 3 is 2.61 bits per heavy atom. The van der Waals surface area contributed by atoms with Crippen molar-refractivity contribution in [3.05, 3.63) is 33.8 Å². The molecule has 1 fully saturated rings. The molecule has 0 aromatic heterocycles. The van der Waals surface area contributed by atoms with E-state index < -0.39 is 0 Å². The third kappa shape index (κ3) is 3.35. The fourth-order valence-corrected chi connectivity index (χ4v) is 2.54. The molecule has 0 bridgehead atoms. The molecule has 0 saturated carbocycles. The summed E-state index contributed by atoms with van der Waals surface area (Å²) in [4.78, 5) is 0. The highest BCUT2D eigenvalue weighted by molar-refractivity contribution is 6.36. The van der Waals surface area contributed by atoms with Crippen LogP contribution in [0.3, 0.4) is 0 Å². The van der Waals surface area contributed by atoms with Crippen LogP contribution in [0.5, 0.6) is 0 Å². The van der Waals surface area contributed by atoms with Gasteiger partial charge in [0.05, 0.1) is 32.0 Å². The van der Waals surface area contributed by atoms with Gasteiger partial charge < -0.3 is 9.47 Å². The molecule has 0 amide bonds. The van der Waals surface area contributed by atoms with Crippen LogP contribution in [0, 0.1) is 0 Å². The summed E-state index contributed by atoms with van der Waals surface area (Å²) in [5.74, 6) is 5.58. The van der Waals surface area contributed by atoms with Crippen LogP contribution in [0.25, 0.3) is 0 Å². The van der Waals surface area contributed by atoms with Crippen LogP contribution < -0.4 is 11.3 Å². The van der Waals surface area contributed by atoms with Crippen LogP contribution in [0.15, 0.2) is 18.2 Å². The van der Waals surface area contributed by atoms with Gasteiger partial charge in [-0.25, -0.2) is 0 Å². The maximum absolute atomic E-state index is 6.14. The molecule has 18 heavy (non-hydrogen) atoms. The van der Waals surface area contributed by atoms with Gasteiger partial charge in [-0.05, 0) is 24.1 Å². The minimum atomic E-state index is -0.0870. The summed E-state index contributed by atoms with van der Waals surface area (Å²) in [6.45, 7) is 1.73. The molecule has 100 valence electrons. The van der Waals surface area contributed by atoms with Crippen molar-refractivity contribution in [2.45, 2.75) is 18.6 Å². The molecule has 2 rings (SSSR count). The van der Waals surface area contributed by atoms with Gasteiger partial charge in [-0.2, -0.15) is 0 Å². The molecule has 1 saturated heterocycles. The lowest BCUT2D eigenvalue weighted by molar-refractivity contribution is -0.101. The second kappa shape index (κ2) is 6.70. The van der Waals surface area contributed by atoms with Gasteiger partial charge in [0.15, 0.2) is 0 Å². The van der Waals surface area contributed by atoms with Crippen LogP contribution in [0.2, 0.25) is 10.0 Å². The zero-order valence-corrected chi connectivity index (χ0v) is 11.4. The number of nitrogens with one attached hydrogen (secondary N) is 1. The van der Waals surface area contributed by atoms with Crippen molar-refractivity contribution in [2.75, 3.05) is 19.8 Å². The average Bonchev–Trinajstić information content (AvgIpc) is 2.40. The molecule has 0 radical (unpaired) electrons. The average molecular weight is 291 g/mol. The van der Waals surface area contributed by atoms with Gasteiger partial charge in [0.2, 0.25) is 0 Å². The minimum absolute atomic E-state index is 0.0808. The lowest BCUT2D eigenvalue weighted by Gasteiger charge is -2.30. The Bertz CT molecular complexity index is 377. The Morgan fingerprint density at radius 2 is 2.06 bits per heavy atom. The summed E-state index contributed by atoms with van der Waals surface area (Å²) in [7, 11) is 0. The monoisotopic (exact) mass is 290 g/mol. The van der Waals surface area contributed by atoms with E-state index in [-0.39, 0.29) is 12.1 Å². The predicted molar refractivity (Wildman–Crippen MR) is 71.8 cm³/mol. The van der Waals surface area contributed by atoms with E-state index in [2.05, 4.69) is 5.43 Å². The number of halogens is 2. The van der Waals surface area contributed by atoms with E-state index in [0.717, 1.165) is 5.56 Å². The number of rotatable bonds is 4. The third-order valence-corrected chi connectivity index (χ3v) is 3.70. The van der Waals surface area contributed by atoms with Gasteiger partial charge in [0.25, 0.3) is 0 Å². The van der Waals surface area contributed by atoms with Crippen molar-refractivity contribution in [1.82, 2.24) is 5.43 Å². The zero-order valence-electron chi connectivity index (χ0n) is 9.86. The van der Waals surface area contributed by atoms with Crippen molar-refractivity contribution in [1.29, 1.82) is 0 Å². The predicted octanol–water partition coefficient (Wildman–Crippen LogP) is 1.78. The van der Waals surface area contributed by atoms with Crippen LogP contribution in [-0.4, -0.2) is 32.0 Å². The Balaban J connectivity index is 2.09. The molecule has 1 aromatic rings. The molecule has 0 aliphatic carbocycles. The number of hydrogen-bond acceptors (Lipinski definition) is 4. The van der Waals surface area contributed by atoms with Gasteiger partial charge in [0.1, 0.15) is 0 Å². The molecule has 2 unspecified atom stereocenters. The molecule has 1 aliphatic rings. The molecule has 0 spiro atoms. The summed E-state index contributed by atoms with van der Waals surface area (Å²) in [5.41, 5.74) is 3.63. The van der Waals surface area contributed by atoms with Gasteiger partial charge in [-0.1, -0.05) is 29.3 Å². The topological polar surface area (TPSA) is 56.5 Å². The van der Waals surface area contributed by atoms with E-state index in [1.807, 2.05) is 18.2 Å². The quantitative estimate of drug-likeness (QED) is 0.656. The molecule has 1 aromatic carbocycles. The first-order chi connectivity index (χ1) is 8.72. The summed E-state index contributed by atoms with van der Waals surface area (Å²) in [5, 5.41) is 1.28. The van der Waals surface area contributed by atoms with Crippen LogP contribution in [0.1, 0.15) is 5.56 Å². The lowest BCUT2D eigenvalue weighted by Crippen LogP contribution is -2.50. The summed E-state index contributed by atoms with van der Waals surface area (Å²) in [6.07, 6.45) is 0.513. The maximum atomic E-state index is 6.14. The zero-order chi connectivity index (χ0) is 13.0. The molecule has 2 atom stereocenters. The summed E-state index contributed by atoms with van der Waals surface area (Å²) < 4.78 is 11.0. The first-order valence-corrected chi connectivity index (χ1v) is 6.56. The van der Waals surface area contributed by atoms with Crippen molar-refractivity contribution in [3.63, 3.8) is 0 Å². The number of nitrogens with two attached hydrogens (primary N) is 1. The van der Waals surface area contributed by atoms with E-state index in [1.165, 1.54) is 0 Å². The maximum Gasteiger partial charge on any atom is 0.0978 e. The van der Waals surface area contributed by atoms with Gasteiger partial charge >= 0.3 is 0 Å². The molecular weight excluding hydrogens is 275 g/mol.